The molecule has 4 atom stereocenters. The maximum absolute atomic E-state index is 11.1. The van der Waals surface area contributed by atoms with E-state index < -0.39 is 42.4 Å². The molecule has 0 heterocycles. The van der Waals surface area contributed by atoms with Gasteiger partial charge < -0.3 is 20.4 Å². The number of carbonyl (C=O) groups excluding carboxylic acids is 2. The van der Waals surface area contributed by atoms with E-state index in [0.717, 1.165) is 0 Å². The minimum absolute atomic E-state index is 0.446. The largest absolute Gasteiger partial charge is 0.391 e. The third-order valence-electron chi connectivity index (χ3n) is 1.92. The van der Waals surface area contributed by atoms with E-state index in [-0.39, 0.29) is 0 Å². The van der Waals surface area contributed by atoms with Gasteiger partial charge in [0.1, 0.15) is 24.1 Å². The summed E-state index contributed by atoms with van der Waals surface area (Å²) in [7, 11) is 0. The lowest BCUT2D eigenvalue weighted by molar-refractivity contribution is -0.145. The Hall–Kier alpha value is -0.820. The standard InChI is InChI=1S/C9H16O6/c1-4(10)3-6(12)8(14)9(15)7(13)5(2)11/h5,7-9,11,13-15H,3H2,1-2H3/t5-,7+,8+,9+/m0/s1. The number of ketones is 2. The van der Waals surface area contributed by atoms with Gasteiger partial charge in [-0.05, 0) is 13.8 Å². The zero-order valence-electron chi connectivity index (χ0n) is 8.62. The van der Waals surface area contributed by atoms with Crippen LogP contribution in [0.25, 0.3) is 0 Å². The van der Waals surface area contributed by atoms with Gasteiger partial charge in [-0.25, -0.2) is 0 Å². The normalized spacial score (nSPS) is 19.1. The summed E-state index contributed by atoms with van der Waals surface area (Å²) >= 11 is 0. The zero-order chi connectivity index (χ0) is 12.2. The molecule has 0 aromatic heterocycles. The van der Waals surface area contributed by atoms with Crippen molar-refractivity contribution < 1.29 is 30.0 Å². The lowest BCUT2D eigenvalue weighted by Crippen LogP contribution is -2.47. The Labute approximate surface area is 87.2 Å². The molecule has 0 aliphatic heterocycles. The van der Waals surface area contributed by atoms with Crippen molar-refractivity contribution in [2.45, 2.75) is 44.7 Å². The molecule has 0 rings (SSSR count). The van der Waals surface area contributed by atoms with Crippen molar-refractivity contribution in [1.29, 1.82) is 0 Å². The fourth-order valence-electron chi connectivity index (χ4n) is 1.01. The van der Waals surface area contributed by atoms with Crippen LogP contribution in [0, 0.1) is 0 Å². The van der Waals surface area contributed by atoms with E-state index in [1.165, 1.54) is 13.8 Å². The Balaban J connectivity index is 4.36. The van der Waals surface area contributed by atoms with Gasteiger partial charge in [0.15, 0.2) is 5.78 Å². The Kier molecular flexibility index (Phi) is 5.59. The SMILES string of the molecule is CC(=O)CC(=O)[C@@H](O)[C@H](O)[C@H](O)[C@H](C)O. The highest BCUT2D eigenvalue weighted by Gasteiger charge is 2.32. The van der Waals surface area contributed by atoms with Crippen LogP contribution in [0.5, 0.6) is 0 Å². The molecular formula is C9H16O6. The first-order valence-electron chi connectivity index (χ1n) is 4.51. The molecule has 0 aliphatic carbocycles. The first-order valence-corrected chi connectivity index (χ1v) is 4.51. The van der Waals surface area contributed by atoms with Gasteiger partial charge in [-0.2, -0.15) is 0 Å². The van der Waals surface area contributed by atoms with Gasteiger partial charge in [0.2, 0.25) is 0 Å². The number of hydrogen-bond acceptors (Lipinski definition) is 6. The Morgan fingerprint density at radius 3 is 1.87 bits per heavy atom. The van der Waals surface area contributed by atoms with Crippen LogP contribution in [0.2, 0.25) is 0 Å². The van der Waals surface area contributed by atoms with Crippen molar-refractivity contribution in [2.75, 3.05) is 0 Å². The molecule has 6 heteroatoms. The third kappa shape index (κ3) is 4.48. The lowest BCUT2D eigenvalue weighted by atomic mass is 9.99. The van der Waals surface area contributed by atoms with E-state index in [2.05, 4.69) is 0 Å². The van der Waals surface area contributed by atoms with Crippen LogP contribution in [0.3, 0.4) is 0 Å². The highest BCUT2D eigenvalue weighted by atomic mass is 16.4. The van der Waals surface area contributed by atoms with Gasteiger partial charge in [0, 0.05) is 0 Å². The Bertz CT molecular complexity index is 237. The average molecular weight is 220 g/mol. The lowest BCUT2D eigenvalue weighted by Gasteiger charge is -2.23. The van der Waals surface area contributed by atoms with Crippen LogP contribution in [0.1, 0.15) is 20.3 Å². The second-order valence-electron chi connectivity index (χ2n) is 3.51. The molecule has 0 aromatic rings. The summed E-state index contributed by atoms with van der Waals surface area (Å²) in [6.07, 6.45) is -7.07. The molecule has 0 radical (unpaired) electrons. The van der Waals surface area contributed by atoms with Crippen LogP contribution in [-0.4, -0.2) is 56.4 Å². The first-order chi connectivity index (χ1) is 6.77. The van der Waals surface area contributed by atoms with Gasteiger partial charge in [-0.15, -0.1) is 0 Å². The van der Waals surface area contributed by atoms with E-state index in [0.29, 0.717) is 0 Å². The second-order valence-corrected chi connectivity index (χ2v) is 3.51. The molecular weight excluding hydrogens is 204 g/mol. The van der Waals surface area contributed by atoms with Crippen molar-refractivity contribution >= 4 is 11.6 Å². The molecule has 6 nitrogen and oxygen atoms in total. The number of rotatable bonds is 6. The van der Waals surface area contributed by atoms with Gasteiger partial charge in [-0.3, -0.25) is 9.59 Å². The minimum atomic E-state index is -1.86. The summed E-state index contributed by atoms with van der Waals surface area (Å²) in [6.45, 7) is 2.37. The number of aliphatic hydroxyl groups excluding tert-OH is 4. The summed E-state index contributed by atoms with van der Waals surface area (Å²) < 4.78 is 0. The van der Waals surface area contributed by atoms with E-state index in [1.54, 1.807) is 0 Å². The molecule has 0 aliphatic rings. The zero-order valence-corrected chi connectivity index (χ0v) is 8.62. The molecule has 0 amide bonds. The summed E-state index contributed by atoms with van der Waals surface area (Å²) in [5, 5.41) is 36.5. The van der Waals surface area contributed by atoms with Crippen LogP contribution in [0.15, 0.2) is 0 Å². The van der Waals surface area contributed by atoms with Gasteiger partial charge >= 0.3 is 0 Å². The maximum atomic E-state index is 11.1. The van der Waals surface area contributed by atoms with E-state index in [4.69, 9.17) is 10.2 Å². The maximum Gasteiger partial charge on any atom is 0.171 e. The van der Waals surface area contributed by atoms with E-state index >= 15 is 0 Å². The molecule has 0 bridgehead atoms. The van der Waals surface area contributed by atoms with Gasteiger partial charge in [0.05, 0.1) is 12.5 Å². The van der Waals surface area contributed by atoms with Crippen molar-refractivity contribution in [3.8, 4) is 0 Å². The molecule has 15 heavy (non-hydrogen) atoms. The molecule has 0 unspecified atom stereocenters. The van der Waals surface area contributed by atoms with Crippen molar-refractivity contribution in [3.05, 3.63) is 0 Å². The van der Waals surface area contributed by atoms with Crippen LogP contribution >= 0.6 is 0 Å². The summed E-state index contributed by atoms with van der Waals surface area (Å²) in [5.41, 5.74) is 0. The Morgan fingerprint density at radius 1 is 1.07 bits per heavy atom. The smallest absolute Gasteiger partial charge is 0.171 e. The number of hydrogen-bond donors (Lipinski definition) is 4. The number of carbonyl (C=O) groups is 2. The summed E-state index contributed by atoms with van der Waals surface area (Å²) in [6, 6.07) is 0. The predicted octanol–water partition coefficient (Wildman–Crippen LogP) is -2.00. The predicted molar refractivity (Wildman–Crippen MR) is 50.0 cm³/mol. The fraction of sp³-hybridized carbons (Fsp3) is 0.778. The molecule has 0 saturated carbocycles. The van der Waals surface area contributed by atoms with Crippen LogP contribution in [-0.2, 0) is 9.59 Å². The summed E-state index contributed by atoms with van der Waals surface area (Å²) in [5.74, 6) is -1.33. The highest BCUT2D eigenvalue weighted by molar-refractivity contribution is 6.00. The molecule has 4 N–H and O–H groups in total. The minimum Gasteiger partial charge on any atom is -0.391 e. The van der Waals surface area contributed by atoms with Crippen LogP contribution in [0.4, 0.5) is 0 Å². The van der Waals surface area contributed by atoms with Crippen molar-refractivity contribution in [1.82, 2.24) is 0 Å². The molecule has 0 saturated heterocycles. The van der Waals surface area contributed by atoms with E-state index in [1.807, 2.05) is 0 Å². The quantitative estimate of drug-likeness (QED) is 0.385. The first kappa shape index (κ1) is 14.2. The average Bonchev–Trinajstić information content (AvgIpc) is 2.13. The van der Waals surface area contributed by atoms with Crippen molar-refractivity contribution in [2.24, 2.45) is 0 Å². The second kappa shape index (κ2) is 5.92. The van der Waals surface area contributed by atoms with Crippen molar-refractivity contribution in [3.63, 3.8) is 0 Å². The molecule has 0 spiro atoms. The van der Waals surface area contributed by atoms with E-state index in [9.17, 15) is 19.8 Å². The third-order valence-corrected chi connectivity index (χ3v) is 1.92. The number of aliphatic hydroxyl groups is 4. The number of Topliss-reactive ketones (excluding diaryl/α,β-unsaturated/α-hetero) is 2. The fourth-order valence-corrected chi connectivity index (χ4v) is 1.01. The molecule has 0 fully saturated rings. The molecule has 88 valence electrons. The Morgan fingerprint density at radius 2 is 1.53 bits per heavy atom. The highest BCUT2D eigenvalue weighted by Crippen LogP contribution is 2.07. The monoisotopic (exact) mass is 220 g/mol. The van der Waals surface area contributed by atoms with Crippen LogP contribution < -0.4 is 0 Å². The molecule has 0 aromatic carbocycles. The van der Waals surface area contributed by atoms with Gasteiger partial charge in [0.25, 0.3) is 0 Å². The van der Waals surface area contributed by atoms with Gasteiger partial charge in [-0.1, -0.05) is 0 Å². The summed E-state index contributed by atoms with van der Waals surface area (Å²) in [4.78, 5) is 21.7. The topological polar surface area (TPSA) is 115 Å².